The SMILES string of the molecule is CC(C)N1CCC(NC(=O)c2cccc(S(=O)(=O)NCC3CCCO3)c2)CC1. The van der Waals surface area contributed by atoms with Crippen molar-refractivity contribution in [2.75, 3.05) is 26.2 Å². The molecule has 3 rings (SSSR count). The zero-order valence-corrected chi connectivity index (χ0v) is 17.5. The first-order valence-corrected chi connectivity index (χ1v) is 11.6. The zero-order valence-electron chi connectivity index (χ0n) is 16.7. The number of piperidine rings is 1. The van der Waals surface area contributed by atoms with Gasteiger partial charge in [-0.25, -0.2) is 13.1 Å². The lowest BCUT2D eigenvalue weighted by Crippen LogP contribution is -2.46. The van der Waals surface area contributed by atoms with Gasteiger partial charge in [-0.1, -0.05) is 6.07 Å². The molecule has 1 atom stereocenters. The van der Waals surface area contributed by atoms with Crippen molar-refractivity contribution in [2.45, 2.75) is 62.6 Å². The summed E-state index contributed by atoms with van der Waals surface area (Å²) in [6.07, 6.45) is 3.56. The van der Waals surface area contributed by atoms with Crippen LogP contribution in [0, 0.1) is 0 Å². The summed E-state index contributed by atoms with van der Waals surface area (Å²) in [6, 6.07) is 6.85. The maximum absolute atomic E-state index is 12.6. The van der Waals surface area contributed by atoms with Gasteiger partial charge >= 0.3 is 0 Å². The van der Waals surface area contributed by atoms with Crippen LogP contribution in [0.25, 0.3) is 0 Å². The van der Waals surface area contributed by atoms with Crippen LogP contribution in [0.1, 0.15) is 49.9 Å². The van der Waals surface area contributed by atoms with Crippen molar-refractivity contribution in [1.29, 1.82) is 0 Å². The van der Waals surface area contributed by atoms with Crippen molar-refractivity contribution >= 4 is 15.9 Å². The van der Waals surface area contributed by atoms with E-state index in [1.54, 1.807) is 12.1 Å². The van der Waals surface area contributed by atoms with Crippen LogP contribution in [0.4, 0.5) is 0 Å². The standard InChI is InChI=1S/C20H31N3O4S/c1-15(2)23-10-8-17(9-11-23)22-20(24)16-5-3-7-19(13-16)28(25,26)21-14-18-6-4-12-27-18/h3,5,7,13,15,17-18,21H,4,6,8-12,14H2,1-2H3,(H,22,24). The molecule has 156 valence electrons. The van der Waals surface area contributed by atoms with Crippen molar-refractivity contribution in [3.05, 3.63) is 29.8 Å². The first-order valence-electron chi connectivity index (χ1n) is 10.1. The molecule has 28 heavy (non-hydrogen) atoms. The molecule has 1 aromatic carbocycles. The van der Waals surface area contributed by atoms with E-state index in [2.05, 4.69) is 28.8 Å². The van der Waals surface area contributed by atoms with Crippen LogP contribution in [0.3, 0.4) is 0 Å². The Balaban J connectivity index is 1.58. The highest BCUT2D eigenvalue weighted by atomic mass is 32.2. The summed E-state index contributed by atoms with van der Waals surface area (Å²) < 4.78 is 33.1. The molecule has 1 aromatic rings. The van der Waals surface area contributed by atoms with E-state index in [0.717, 1.165) is 38.8 Å². The van der Waals surface area contributed by atoms with Gasteiger partial charge in [-0.2, -0.15) is 0 Å². The van der Waals surface area contributed by atoms with Crippen LogP contribution in [0.5, 0.6) is 0 Å². The Morgan fingerprint density at radius 1 is 1.25 bits per heavy atom. The molecule has 2 aliphatic rings. The van der Waals surface area contributed by atoms with Crippen molar-refractivity contribution in [1.82, 2.24) is 14.9 Å². The predicted molar refractivity (Wildman–Crippen MR) is 108 cm³/mol. The molecule has 2 fully saturated rings. The van der Waals surface area contributed by atoms with Crippen molar-refractivity contribution in [2.24, 2.45) is 0 Å². The predicted octanol–water partition coefficient (Wildman–Crippen LogP) is 1.75. The Labute approximate surface area is 167 Å². The Kier molecular flexibility index (Phi) is 7.09. The van der Waals surface area contributed by atoms with Gasteiger partial charge in [0.15, 0.2) is 0 Å². The number of nitrogens with one attached hydrogen (secondary N) is 2. The van der Waals surface area contributed by atoms with Crippen molar-refractivity contribution in [3.63, 3.8) is 0 Å². The minimum Gasteiger partial charge on any atom is -0.377 e. The number of hydrogen-bond acceptors (Lipinski definition) is 5. The fraction of sp³-hybridized carbons (Fsp3) is 0.650. The summed E-state index contributed by atoms with van der Waals surface area (Å²) in [5, 5.41) is 3.05. The van der Waals surface area contributed by atoms with Gasteiger partial charge in [-0.15, -0.1) is 0 Å². The number of benzene rings is 1. The Morgan fingerprint density at radius 3 is 2.64 bits per heavy atom. The third-order valence-electron chi connectivity index (χ3n) is 5.53. The number of nitrogens with zero attached hydrogens (tertiary/aromatic N) is 1. The van der Waals surface area contributed by atoms with Gasteiger partial charge in [0.1, 0.15) is 0 Å². The monoisotopic (exact) mass is 409 g/mol. The van der Waals surface area contributed by atoms with E-state index in [0.29, 0.717) is 18.2 Å². The van der Waals surface area contributed by atoms with Gasteiger partial charge in [0, 0.05) is 43.9 Å². The van der Waals surface area contributed by atoms with E-state index in [4.69, 9.17) is 4.74 Å². The molecular formula is C20H31N3O4S. The third kappa shape index (κ3) is 5.53. The highest BCUT2D eigenvalue weighted by molar-refractivity contribution is 7.89. The number of likely N-dealkylation sites (tertiary alicyclic amines) is 1. The quantitative estimate of drug-likeness (QED) is 0.716. The van der Waals surface area contributed by atoms with E-state index in [-0.39, 0.29) is 29.5 Å². The van der Waals surface area contributed by atoms with Crippen molar-refractivity contribution < 1.29 is 17.9 Å². The normalized spacial score (nSPS) is 21.9. The second kappa shape index (κ2) is 9.35. The largest absolute Gasteiger partial charge is 0.377 e. The first-order chi connectivity index (χ1) is 13.3. The molecule has 0 saturated carbocycles. The second-order valence-corrected chi connectivity index (χ2v) is 9.66. The average Bonchev–Trinajstić information content (AvgIpc) is 3.21. The highest BCUT2D eigenvalue weighted by Gasteiger charge is 2.24. The molecular weight excluding hydrogens is 378 g/mol. The Bertz CT molecular complexity index is 767. The number of carbonyl (C=O) groups excluding carboxylic acids is 1. The van der Waals surface area contributed by atoms with Crippen LogP contribution >= 0.6 is 0 Å². The molecule has 2 heterocycles. The summed E-state index contributed by atoms with van der Waals surface area (Å²) in [5.41, 5.74) is 0.367. The summed E-state index contributed by atoms with van der Waals surface area (Å²) in [4.78, 5) is 15.1. The van der Waals surface area contributed by atoms with Crippen LogP contribution in [-0.2, 0) is 14.8 Å². The maximum Gasteiger partial charge on any atom is 0.251 e. The van der Waals surface area contributed by atoms with E-state index >= 15 is 0 Å². The van der Waals surface area contributed by atoms with Crippen molar-refractivity contribution in [3.8, 4) is 0 Å². The molecule has 0 radical (unpaired) electrons. The minimum atomic E-state index is -3.67. The topological polar surface area (TPSA) is 87.7 Å². The van der Waals surface area contributed by atoms with E-state index in [9.17, 15) is 13.2 Å². The van der Waals surface area contributed by atoms with Crippen LogP contribution in [-0.4, -0.2) is 63.7 Å². The van der Waals surface area contributed by atoms with Crippen LogP contribution < -0.4 is 10.0 Å². The number of ether oxygens (including phenoxy) is 1. The minimum absolute atomic E-state index is 0.0713. The molecule has 7 nitrogen and oxygen atoms in total. The lowest BCUT2D eigenvalue weighted by atomic mass is 10.0. The Hall–Kier alpha value is -1.48. The maximum atomic E-state index is 12.6. The zero-order chi connectivity index (χ0) is 20.1. The van der Waals surface area contributed by atoms with Gasteiger partial charge in [0.05, 0.1) is 11.0 Å². The fourth-order valence-corrected chi connectivity index (χ4v) is 4.84. The molecule has 1 amide bonds. The number of carbonyl (C=O) groups is 1. The molecule has 0 aliphatic carbocycles. The molecule has 8 heteroatoms. The number of sulfonamides is 1. The summed E-state index contributed by atoms with van der Waals surface area (Å²) in [7, 11) is -3.67. The highest BCUT2D eigenvalue weighted by Crippen LogP contribution is 2.16. The summed E-state index contributed by atoms with van der Waals surface area (Å²) in [5.74, 6) is -0.223. The molecule has 1 unspecified atom stereocenters. The Morgan fingerprint density at radius 2 is 2.00 bits per heavy atom. The summed E-state index contributed by atoms with van der Waals surface area (Å²) in [6.45, 7) is 7.22. The van der Waals surface area contributed by atoms with Crippen LogP contribution in [0.2, 0.25) is 0 Å². The second-order valence-electron chi connectivity index (χ2n) is 7.89. The van der Waals surface area contributed by atoms with E-state index < -0.39 is 10.0 Å². The van der Waals surface area contributed by atoms with Gasteiger partial charge < -0.3 is 15.0 Å². The molecule has 0 spiro atoms. The van der Waals surface area contributed by atoms with Gasteiger partial charge in [-0.3, -0.25) is 4.79 Å². The number of amides is 1. The van der Waals surface area contributed by atoms with Gasteiger partial charge in [0.25, 0.3) is 5.91 Å². The molecule has 2 saturated heterocycles. The molecule has 2 N–H and O–H groups in total. The number of hydrogen-bond donors (Lipinski definition) is 2. The number of rotatable bonds is 7. The summed E-state index contributed by atoms with van der Waals surface area (Å²) >= 11 is 0. The lowest BCUT2D eigenvalue weighted by molar-refractivity contribution is 0.0900. The third-order valence-corrected chi connectivity index (χ3v) is 6.95. The van der Waals surface area contributed by atoms with E-state index in [1.165, 1.54) is 12.1 Å². The molecule has 2 aliphatic heterocycles. The molecule has 0 bridgehead atoms. The molecule has 0 aromatic heterocycles. The fourth-order valence-electron chi connectivity index (χ4n) is 3.72. The lowest BCUT2D eigenvalue weighted by Gasteiger charge is -2.34. The van der Waals surface area contributed by atoms with Crippen LogP contribution in [0.15, 0.2) is 29.2 Å². The van der Waals surface area contributed by atoms with Gasteiger partial charge in [-0.05, 0) is 57.7 Å². The first kappa shape index (κ1) is 21.2. The van der Waals surface area contributed by atoms with Gasteiger partial charge in [0.2, 0.25) is 10.0 Å². The average molecular weight is 410 g/mol. The van der Waals surface area contributed by atoms with E-state index in [1.807, 2.05) is 0 Å². The smallest absolute Gasteiger partial charge is 0.251 e.